The molecule has 3 heteroatoms. The maximum Gasteiger partial charge on any atom is 0.142 e. The lowest BCUT2D eigenvalue weighted by molar-refractivity contribution is 0.132. The number of hydrogen-bond acceptors (Lipinski definition) is 2. The van der Waals surface area contributed by atoms with E-state index in [1.807, 2.05) is 36.4 Å². The van der Waals surface area contributed by atoms with Crippen LogP contribution in [0.1, 0.15) is 16.7 Å². The van der Waals surface area contributed by atoms with Gasteiger partial charge in [-0.2, -0.15) is 0 Å². The van der Waals surface area contributed by atoms with Gasteiger partial charge in [0.15, 0.2) is 0 Å². The Balaban J connectivity index is 1.84. The number of nitrogens with zero attached hydrogens (tertiary/aromatic N) is 1. The predicted molar refractivity (Wildman–Crippen MR) is 75.0 cm³/mol. The van der Waals surface area contributed by atoms with Crippen molar-refractivity contribution in [3.63, 3.8) is 0 Å². The molecule has 92 valence electrons. The number of oxime groups is 1. The number of aryl methyl sites for hydroxylation is 1. The summed E-state index contributed by atoms with van der Waals surface area (Å²) in [6.45, 7) is 2.54. The van der Waals surface area contributed by atoms with Crippen LogP contribution in [-0.2, 0) is 11.4 Å². The second-order valence-corrected chi connectivity index (χ2v) is 4.48. The molecular formula is C15H14ClNO. The molecule has 2 nitrogen and oxygen atoms in total. The molecule has 0 radical (unpaired) electrons. The Labute approximate surface area is 112 Å². The molecule has 0 bridgehead atoms. The third-order valence-corrected chi connectivity index (χ3v) is 2.75. The van der Waals surface area contributed by atoms with E-state index < -0.39 is 0 Å². The normalized spacial score (nSPS) is 10.8. The zero-order chi connectivity index (χ0) is 12.8. The Morgan fingerprint density at radius 1 is 1.06 bits per heavy atom. The van der Waals surface area contributed by atoms with Crippen LogP contribution in [0, 0.1) is 6.92 Å². The Morgan fingerprint density at radius 3 is 2.39 bits per heavy atom. The lowest BCUT2D eigenvalue weighted by atomic mass is 10.2. The third-order valence-electron chi connectivity index (χ3n) is 2.50. The van der Waals surface area contributed by atoms with Gasteiger partial charge in [0.2, 0.25) is 0 Å². The molecule has 0 aromatic heterocycles. The quantitative estimate of drug-likeness (QED) is 0.596. The van der Waals surface area contributed by atoms with Crippen molar-refractivity contribution >= 4 is 17.8 Å². The van der Waals surface area contributed by atoms with Gasteiger partial charge in [0.25, 0.3) is 0 Å². The van der Waals surface area contributed by atoms with Crippen molar-refractivity contribution in [3.8, 4) is 0 Å². The van der Waals surface area contributed by atoms with Gasteiger partial charge in [0, 0.05) is 5.02 Å². The Morgan fingerprint density at radius 2 is 1.72 bits per heavy atom. The van der Waals surface area contributed by atoms with Crippen LogP contribution in [0.25, 0.3) is 0 Å². The van der Waals surface area contributed by atoms with Crippen molar-refractivity contribution in [2.24, 2.45) is 5.16 Å². The second-order valence-electron chi connectivity index (χ2n) is 4.05. The van der Waals surface area contributed by atoms with Crippen LogP contribution in [0.3, 0.4) is 0 Å². The summed E-state index contributed by atoms with van der Waals surface area (Å²) >= 11 is 5.79. The minimum absolute atomic E-state index is 0.477. The summed E-state index contributed by atoms with van der Waals surface area (Å²) in [7, 11) is 0. The first kappa shape index (κ1) is 12.7. The van der Waals surface area contributed by atoms with Crippen LogP contribution < -0.4 is 0 Å². The molecule has 0 spiro atoms. The maximum atomic E-state index is 5.79. The number of benzene rings is 2. The summed E-state index contributed by atoms with van der Waals surface area (Å²) in [4.78, 5) is 5.23. The van der Waals surface area contributed by atoms with E-state index in [4.69, 9.17) is 16.4 Å². The fourth-order valence-electron chi connectivity index (χ4n) is 1.44. The van der Waals surface area contributed by atoms with Crippen LogP contribution in [0.5, 0.6) is 0 Å². The van der Waals surface area contributed by atoms with Crippen LogP contribution >= 0.6 is 11.6 Å². The standard InChI is InChI=1S/C15H14ClNO/c1-12-2-4-14(5-3-12)11-18-17-10-13-6-8-15(16)9-7-13/h2-10H,11H2,1H3. The molecule has 0 N–H and O–H groups in total. The molecular weight excluding hydrogens is 246 g/mol. The number of halogens is 1. The van der Waals surface area contributed by atoms with E-state index >= 15 is 0 Å². The molecule has 0 aliphatic rings. The highest BCUT2D eigenvalue weighted by Crippen LogP contribution is 2.08. The SMILES string of the molecule is Cc1ccc(CON=Cc2ccc(Cl)cc2)cc1. The van der Waals surface area contributed by atoms with Crippen molar-refractivity contribution in [2.75, 3.05) is 0 Å². The molecule has 0 fully saturated rings. The molecule has 0 unspecified atom stereocenters. The predicted octanol–water partition coefficient (Wildman–Crippen LogP) is 4.20. The average Bonchev–Trinajstić information content (AvgIpc) is 2.39. The molecule has 0 amide bonds. The maximum absolute atomic E-state index is 5.79. The minimum Gasteiger partial charge on any atom is -0.391 e. The summed E-state index contributed by atoms with van der Waals surface area (Å²) in [5, 5.41) is 4.64. The first-order chi connectivity index (χ1) is 8.74. The summed E-state index contributed by atoms with van der Waals surface area (Å²) in [5.41, 5.74) is 3.31. The Hall–Kier alpha value is -1.80. The number of rotatable bonds is 4. The smallest absolute Gasteiger partial charge is 0.142 e. The Kier molecular flexibility index (Phi) is 4.37. The molecule has 0 saturated carbocycles. The average molecular weight is 260 g/mol. The van der Waals surface area contributed by atoms with Gasteiger partial charge < -0.3 is 4.84 Å². The van der Waals surface area contributed by atoms with Gasteiger partial charge in [-0.25, -0.2) is 0 Å². The zero-order valence-electron chi connectivity index (χ0n) is 10.1. The molecule has 0 aliphatic heterocycles. The molecule has 0 heterocycles. The first-order valence-corrected chi connectivity index (χ1v) is 6.08. The first-order valence-electron chi connectivity index (χ1n) is 5.70. The van der Waals surface area contributed by atoms with Crippen LogP contribution in [0.15, 0.2) is 53.7 Å². The van der Waals surface area contributed by atoms with Crippen LogP contribution in [-0.4, -0.2) is 6.21 Å². The van der Waals surface area contributed by atoms with E-state index in [9.17, 15) is 0 Å². The molecule has 2 aromatic rings. The lowest BCUT2D eigenvalue weighted by Crippen LogP contribution is -1.88. The summed E-state index contributed by atoms with van der Waals surface area (Å²) in [6, 6.07) is 15.6. The van der Waals surface area contributed by atoms with Gasteiger partial charge in [0.1, 0.15) is 6.61 Å². The van der Waals surface area contributed by atoms with Gasteiger partial charge in [0.05, 0.1) is 6.21 Å². The van der Waals surface area contributed by atoms with Crippen molar-refractivity contribution in [3.05, 3.63) is 70.2 Å². The highest BCUT2D eigenvalue weighted by molar-refractivity contribution is 6.30. The summed E-state index contributed by atoms with van der Waals surface area (Å²) in [6.07, 6.45) is 1.67. The van der Waals surface area contributed by atoms with E-state index in [1.54, 1.807) is 6.21 Å². The fraction of sp³-hybridized carbons (Fsp3) is 0.133. The molecule has 2 aromatic carbocycles. The zero-order valence-corrected chi connectivity index (χ0v) is 10.9. The van der Waals surface area contributed by atoms with Gasteiger partial charge >= 0.3 is 0 Å². The number of hydrogen-bond donors (Lipinski definition) is 0. The van der Waals surface area contributed by atoms with Crippen molar-refractivity contribution in [1.29, 1.82) is 0 Å². The fourth-order valence-corrected chi connectivity index (χ4v) is 1.57. The van der Waals surface area contributed by atoms with Gasteiger partial charge in [-0.1, -0.05) is 58.7 Å². The lowest BCUT2D eigenvalue weighted by Gasteiger charge is -2.00. The van der Waals surface area contributed by atoms with Crippen LogP contribution in [0.2, 0.25) is 5.02 Å². The van der Waals surface area contributed by atoms with E-state index in [1.165, 1.54) is 5.56 Å². The van der Waals surface area contributed by atoms with E-state index in [0.29, 0.717) is 11.6 Å². The van der Waals surface area contributed by atoms with Gasteiger partial charge in [-0.15, -0.1) is 0 Å². The molecule has 18 heavy (non-hydrogen) atoms. The second kappa shape index (κ2) is 6.22. The summed E-state index contributed by atoms with van der Waals surface area (Å²) in [5.74, 6) is 0. The van der Waals surface area contributed by atoms with Gasteiger partial charge in [-0.3, -0.25) is 0 Å². The van der Waals surface area contributed by atoms with E-state index in [2.05, 4.69) is 24.2 Å². The molecule has 2 rings (SSSR count). The Bertz CT molecular complexity index is 517. The van der Waals surface area contributed by atoms with E-state index in [-0.39, 0.29) is 0 Å². The monoisotopic (exact) mass is 259 g/mol. The summed E-state index contributed by atoms with van der Waals surface area (Å²) < 4.78 is 0. The molecule has 0 saturated heterocycles. The van der Waals surface area contributed by atoms with Crippen molar-refractivity contribution < 1.29 is 4.84 Å². The highest BCUT2D eigenvalue weighted by atomic mass is 35.5. The van der Waals surface area contributed by atoms with E-state index in [0.717, 1.165) is 11.1 Å². The highest BCUT2D eigenvalue weighted by Gasteiger charge is 1.92. The van der Waals surface area contributed by atoms with Crippen molar-refractivity contribution in [2.45, 2.75) is 13.5 Å². The third kappa shape index (κ3) is 3.90. The van der Waals surface area contributed by atoms with Crippen LogP contribution in [0.4, 0.5) is 0 Å². The topological polar surface area (TPSA) is 21.6 Å². The van der Waals surface area contributed by atoms with Gasteiger partial charge in [-0.05, 0) is 30.2 Å². The molecule has 0 aliphatic carbocycles. The largest absolute Gasteiger partial charge is 0.391 e. The van der Waals surface area contributed by atoms with Crippen molar-refractivity contribution in [1.82, 2.24) is 0 Å². The molecule has 0 atom stereocenters. The minimum atomic E-state index is 0.477.